The van der Waals surface area contributed by atoms with Crippen LogP contribution < -0.4 is 14.8 Å². The molecular weight excluding hydrogens is 340 g/mol. The van der Waals surface area contributed by atoms with E-state index >= 15 is 0 Å². The monoisotopic (exact) mass is 366 g/mol. The highest BCUT2D eigenvalue weighted by atomic mass is 16.5. The molecule has 3 rings (SSSR count). The maximum atomic E-state index is 12.1. The van der Waals surface area contributed by atoms with E-state index in [-0.39, 0.29) is 12.0 Å². The number of anilines is 1. The van der Waals surface area contributed by atoms with Crippen molar-refractivity contribution in [2.45, 2.75) is 18.9 Å². The number of carbonyl (C=O) groups is 1. The van der Waals surface area contributed by atoms with Gasteiger partial charge < -0.3 is 19.7 Å². The lowest BCUT2D eigenvalue weighted by Gasteiger charge is -2.29. The summed E-state index contributed by atoms with van der Waals surface area (Å²) in [4.78, 5) is 14.4. The van der Waals surface area contributed by atoms with Gasteiger partial charge in [0.25, 0.3) is 0 Å². The Morgan fingerprint density at radius 2 is 1.67 bits per heavy atom. The highest BCUT2D eigenvalue weighted by Crippen LogP contribution is 2.21. The fraction of sp³-hybridized carbons (Fsp3) is 0.318. The van der Waals surface area contributed by atoms with Gasteiger partial charge in [0.2, 0.25) is 5.91 Å². The highest BCUT2D eigenvalue weighted by Gasteiger charge is 2.17. The Morgan fingerprint density at radius 1 is 1.04 bits per heavy atom. The van der Waals surface area contributed by atoms with Crippen molar-refractivity contribution >= 4 is 17.7 Å². The van der Waals surface area contributed by atoms with E-state index in [1.54, 1.807) is 13.2 Å². The van der Waals surface area contributed by atoms with Crippen LogP contribution in [0.15, 0.2) is 54.6 Å². The average Bonchev–Trinajstić information content (AvgIpc) is 2.70. The Balaban J connectivity index is 1.49. The summed E-state index contributed by atoms with van der Waals surface area (Å²) in [5.41, 5.74) is 1.68. The van der Waals surface area contributed by atoms with Crippen molar-refractivity contribution in [3.8, 4) is 11.5 Å². The van der Waals surface area contributed by atoms with Crippen molar-refractivity contribution in [3.05, 3.63) is 60.2 Å². The first-order valence-corrected chi connectivity index (χ1v) is 9.21. The van der Waals surface area contributed by atoms with Gasteiger partial charge in [-0.1, -0.05) is 12.1 Å². The van der Waals surface area contributed by atoms with Crippen molar-refractivity contribution in [3.63, 3.8) is 0 Å². The Bertz CT molecular complexity index is 761. The lowest BCUT2D eigenvalue weighted by atomic mass is 10.1. The maximum absolute atomic E-state index is 12.1. The van der Waals surface area contributed by atoms with Gasteiger partial charge >= 0.3 is 0 Å². The molecule has 1 heterocycles. The second kappa shape index (κ2) is 9.24. The molecule has 0 atom stereocenters. The molecule has 0 saturated carbocycles. The molecule has 1 amide bonds. The molecule has 1 aliphatic heterocycles. The Morgan fingerprint density at radius 3 is 2.30 bits per heavy atom. The zero-order chi connectivity index (χ0) is 19.1. The van der Waals surface area contributed by atoms with Crippen molar-refractivity contribution in [2.75, 3.05) is 32.6 Å². The standard InChI is InChI=1S/C22H26N2O3/c1-24-15-13-21(14-16-24)27-20-10-6-18(7-11-20)23-22(25)12-5-17-3-8-19(26-2)9-4-17/h3-12,21H,13-16H2,1-2H3,(H,23,25)/b12-5+. The van der Waals surface area contributed by atoms with Crippen molar-refractivity contribution in [1.29, 1.82) is 0 Å². The van der Waals surface area contributed by atoms with Crippen LogP contribution in [0, 0.1) is 0 Å². The van der Waals surface area contributed by atoms with Crippen LogP contribution in [-0.4, -0.2) is 44.2 Å². The lowest BCUT2D eigenvalue weighted by Crippen LogP contribution is -2.35. The van der Waals surface area contributed by atoms with Crippen LogP contribution in [-0.2, 0) is 4.79 Å². The van der Waals surface area contributed by atoms with E-state index < -0.39 is 0 Å². The predicted molar refractivity (Wildman–Crippen MR) is 108 cm³/mol. The van der Waals surface area contributed by atoms with E-state index in [0.29, 0.717) is 0 Å². The summed E-state index contributed by atoms with van der Waals surface area (Å²) < 4.78 is 11.1. The van der Waals surface area contributed by atoms with Gasteiger partial charge in [0, 0.05) is 24.9 Å². The second-order valence-corrected chi connectivity index (χ2v) is 6.74. The van der Waals surface area contributed by atoms with Gasteiger partial charge in [-0.3, -0.25) is 4.79 Å². The third-order valence-corrected chi connectivity index (χ3v) is 4.63. The van der Waals surface area contributed by atoms with Gasteiger partial charge in [0.1, 0.15) is 17.6 Å². The summed E-state index contributed by atoms with van der Waals surface area (Å²) in [5, 5.41) is 2.86. The van der Waals surface area contributed by atoms with E-state index in [9.17, 15) is 4.79 Å². The minimum Gasteiger partial charge on any atom is -0.497 e. The first-order chi connectivity index (χ1) is 13.1. The fourth-order valence-corrected chi connectivity index (χ4v) is 2.98. The van der Waals surface area contributed by atoms with Crippen LogP contribution in [0.3, 0.4) is 0 Å². The molecule has 142 valence electrons. The second-order valence-electron chi connectivity index (χ2n) is 6.74. The summed E-state index contributed by atoms with van der Waals surface area (Å²) in [6.45, 7) is 2.14. The van der Waals surface area contributed by atoms with Crippen LogP contribution in [0.25, 0.3) is 6.08 Å². The third kappa shape index (κ3) is 5.86. The summed E-state index contributed by atoms with van der Waals surface area (Å²) in [6, 6.07) is 15.1. The van der Waals surface area contributed by atoms with E-state index in [4.69, 9.17) is 9.47 Å². The Labute approximate surface area is 160 Å². The first-order valence-electron chi connectivity index (χ1n) is 9.21. The van der Waals surface area contributed by atoms with Crippen LogP contribution >= 0.6 is 0 Å². The molecule has 0 aromatic heterocycles. The molecule has 2 aromatic rings. The van der Waals surface area contributed by atoms with Crippen molar-refractivity contribution < 1.29 is 14.3 Å². The van der Waals surface area contributed by atoms with Gasteiger partial charge in [0.15, 0.2) is 0 Å². The SMILES string of the molecule is COc1ccc(/C=C/C(=O)Nc2ccc(OC3CCN(C)CC3)cc2)cc1. The number of methoxy groups -OCH3 is 1. The number of nitrogens with zero attached hydrogens (tertiary/aromatic N) is 1. The quantitative estimate of drug-likeness (QED) is 0.790. The Hall–Kier alpha value is -2.79. The van der Waals surface area contributed by atoms with Gasteiger partial charge in [-0.05, 0) is 67.9 Å². The normalized spacial score (nSPS) is 15.6. The molecule has 0 aliphatic carbocycles. The zero-order valence-corrected chi connectivity index (χ0v) is 15.9. The molecule has 1 N–H and O–H groups in total. The molecule has 5 nitrogen and oxygen atoms in total. The zero-order valence-electron chi connectivity index (χ0n) is 15.9. The Kier molecular flexibility index (Phi) is 6.49. The average molecular weight is 366 g/mol. The molecule has 0 spiro atoms. The number of likely N-dealkylation sites (tertiary alicyclic amines) is 1. The minimum absolute atomic E-state index is 0.171. The van der Waals surface area contributed by atoms with Crippen molar-refractivity contribution in [1.82, 2.24) is 4.90 Å². The molecule has 1 fully saturated rings. The largest absolute Gasteiger partial charge is 0.497 e. The van der Waals surface area contributed by atoms with E-state index in [2.05, 4.69) is 17.3 Å². The number of nitrogens with one attached hydrogen (secondary N) is 1. The van der Waals surface area contributed by atoms with Gasteiger partial charge in [-0.25, -0.2) is 0 Å². The highest BCUT2D eigenvalue weighted by molar-refractivity contribution is 6.01. The molecule has 0 unspecified atom stereocenters. The number of rotatable bonds is 6. The van der Waals surface area contributed by atoms with E-state index in [0.717, 1.165) is 48.7 Å². The minimum atomic E-state index is -0.171. The molecule has 1 aliphatic rings. The number of amides is 1. The molecule has 5 heteroatoms. The number of benzene rings is 2. The predicted octanol–water partition coefficient (Wildman–Crippen LogP) is 3.82. The summed E-state index contributed by atoms with van der Waals surface area (Å²) in [6.07, 6.45) is 5.65. The molecular formula is C22H26N2O3. The van der Waals surface area contributed by atoms with Crippen LogP contribution in [0.2, 0.25) is 0 Å². The number of hydrogen-bond acceptors (Lipinski definition) is 4. The van der Waals surface area contributed by atoms with Crippen LogP contribution in [0.4, 0.5) is 5.69 Å². The van der Waals surface area contributed by atoms with Crippen LogP contribution in [0.5, 0.6) is 11.5 Å². The molecule has 0 radical (unpaired) electrons. The molecule has 1 saturated heterocycles. The number of piperidine rings is 1. The van der Waals surface area contributed by atoms with Gasteiger partial charge in [-0.15, -0.1) is 0 Å². The molecule has 2 aromatic carbocycles. The van der Waals surface area contributed by atoms with Crippen LogP contribution in [0.1, 0.15) is 18.4 Å². The summed E-state index contributed by atoms with van der Waals surface area (Å²) in [5.74, 6) is 1.46. The maximum Gasteiger partial charge on any atom is 0.248 e. The first kappa shape index (κ1) is 19.0. The lowest BCUT2D eigenvalue weighted by molar-refractivity contribution is -0.111. The van der Waals surface area contributed by atoms with Gasteiger partial charge in [-0.2, -0.15) is 0 Å². The molecule has 0 bridgehead atoms. The smallest absolute Gasteiger partial charge is 0.248 e. The number of hydrogen-bond donors (Lipinski definition) is 1. The van der Waals surface area contributed by atoms with Gasteiger partial charge in [0.05, 0.1) is 7.11 Å². The third-order valence-electron chi connectivity index (χ3n) is 4.63. The summed E-state index contributed by atoms with van der Waals surface area (Å²) in [7, 11) is 3.76. The topological polar surface area (TPSA) is 50.8 Å². The van der Waals surface area contributed by atoms with Crippen molar-refractivity contribution in [2.24, 2.45) is 0 Å². The summed E-state index contributed by atoms with van der Waals surface area (Å²) >= 11 is 0. The number of ether oxygens (including phenoxy) is 2. The molecule has 27 heavy (non-hydrogen) atoms. The fourth-order valence-electron chi connectivity index (χ4n) is 2.98. The van der Waals surface area contributed by atoms with E-state index in [1.807, 2.05) is 48.5 Å². The number of carbonyl (C=O) groups excluding carboxylic acids is 1. The van der Waals surface area contributed by atoms with E-state index in [1.165, 1.54) is 6.08 Å².